The Labute approximate surface area is 125 Å². The van der Waals surface area contributed by atoms with Crippen molar-refractivity contribution in [3.63, 3.8) is 0 Å². The summed E-state index contributed by atoms with van der Waals surface area (Å²) in [6, 6.07) is 5.45. The van der Waals surface area contributed by atoms with E-state index in [0.717, 1.165) is 35.2 Å². The molecular weight excluding hydrogens is 286 g/mol. The third-order valence-corrected chi connectivity index (χ3v) is 5.09. The van der Waals surface area contributed by atoms with Crippen molar-refractivity contribution >= 4 is 10.0 Å². The van der Waals surface area contributed by atoms with E-state index in [4.69, 9.17) is 0 Å². The third-order valence-electron chi connectivity index (χ3n) is 3.48. The molecule has 0 fully saturated rings. The van der Waals surface area contributed by atoms with Crippen LogP contribution in [0.1, 0.15) is 28.8 Å². The molecule has 0 bridgehead atoms. The quantitative estimate of drug-likeness (QED) is 0.804. The number of sulfonamides is 1. The van der Waals surface area contributed by atoms with Gasteiger partial charge in [-0.05, 0) is 56.4 Å². The van der Waals surface area contributed by atoms with Crippen LogP contribution >= 0.6 is 0 Å². The maximum Gasteiger partial charge on any atom is 0.240 e. The summed E-state index contributed by atoms with van der Waals surface area (Å²) < 4.78 is 27.3. The Kier molecular flexibility index (Phi) is 4.80. The minimum absolute atomic E-state index is 0.363. The number of hydrogen-bond acceptors (Lipinski definition) is 3. The van der Waals surface area contributed by atoms with E-state index in [-0.39, 0.29) is 0 Å². The molecule has 0 saturated carbocycles. The summed E-state index contributed by atoms with van der Waals surface area (Å²) in [5, 5.41) is 6.83. The average molecular weight is 307 g/mol. The Balaban J connectivity index is 1.95. The van der Waals surface area contributed by atoms with Crippen LogP contribution in [0.2, 0.25) is 0 Å². The molecule has 0 aliphatic rings. The fraction of sp³-hybridized carbons (Fsp3) is 0.400. The van der Waals surface area contributed by atoms with Crippen LogP contribution in [0.15, 0.2) is 29.3 Å². The summed E-state index contributed by atoms with van der Waals surface area (Å²) in [5.74, 6) is 0. The Morgan fingerprint density at radius 2 is 2.00 bits per heavy atom. The van der Waals surface area contributed by atoms with Crippen LogP contribution in [0.5, 0.6) is 0 Å². The highest BCUT2D eigenvalue weighted by molar-refractivity contribution is 7.89. The number of hydrogen-bond donors (Lipinski definition) is 2. The van der Waals surface area contributed by atoms with Crippen LogP contribution in [0, 0.1) is 20.8 Å². The topological polar surface area (TPSA) is 74.8 Å². The summed E-state index contributed by atoms with van der Waals surface area (Å²) >= 11 is 0. The van der Waals surface area contributed by atoms with Gasteiger partial charge in [-0.15, -0.1) is 0 Å². The summed E-state index contributed by atoms with van der Waals surface area (Å²) in [7, 11) is -3.44. The standard InChI is InChI=1S/C15H21N3O2S/c1-11-6-7-12(2)15(9-11)21(19,20)17-8-4-5-14-10-16-18-13(14)3/h6-7,9-10,17H,4-5,8H2,1-3H3,(H,16,18). The van der Waals surface area contributed by atoms with Crippen molar-refractivity contribution in [1.82, 2.24) is 14.9 Å². The molecule has 5 nitrogen and oxygen atoms in total. The van der Waals surface area contributed by atoms with E-state index < -0.39 is 10.0 Å². The van der Waals surface area contributed by atoms with Gasteiger partial charge in [0.05, 0.1) is 11.1 Å². The van der Waals surface area contributed by atoms with Crippen molar-refractivity contribution in [2.45, 2.75) is 38.5 Å². The summed E-state index contributed by atoms with van der Waals surface area (Å²) in [4.78, 5) is 0.363. The lowest BCUT2D eigenvalue weighted by molar-refractivity contribution is 0.578. The van der Waals surface area contributed by atoms with E-state index in [1.165, 1.54) is 0 Å². The molecule has 0 aliphatic carbocycles. The molecule has 2 aromatic rings. The molecule has 1 aromatic heterocycles. The maximum absolute atomic E-state index is 12.3. The lowest BCUT2D eigenvalue weighted by Gasteiger charge is -2.10. The Hall–Kier alpha value is -1.66. The number of nitrogens with one attached hydrogen (secondary N) is 2. The van der Waals surface area contributed by atoms with Crippen LogP contribution in [-0.4, -0.2) is 25.2 Å². The minimum Gasteiger partial charge on any atom is -0.283 e. The highest BCUT2D eigenvalue weighted by Gasteiger charge is 2.16. The van der Waals surface area contributed by atoms with E-state index in [0.29, 0.717) is 11.4 Å². The molecule has 21 heavy (non-hydrogen) atoms. The molecule has 0 saturated heterocycles. The lowest BCUT2D eigenvalue weighted by atomic mass is 10.1. The van der Waals surface area contributed by atoms with Crippen LogP contribution in [0.25, 0.3) is 0 Å². The predicted molar refractivity (Wildman–Crippen MR) is 82.8 cm³/mol. The van der Waals surface area contributed by atoms with Crippen LogP contribution in [0.4, 0.5) is 0 Å². The largest absolute Gasteiger partial charge is 0.283 e. The number of benzene rings is 1. The maximum atomic E-state index is 12.3. The van der Waals surface area contributed by atoms with Crippen molar-refractivity contribution in [1.29, 1.82) is 0 Å². The lowest BCUT2D eigenvalue weighted by Crippen LogP contribution is -2.26. The monoisotopic (exact) mass is 307 g/mol. The molecule has 0 atom stereocenters. The first-order valence-electron chi connectivity index (χ1n) is 6.96. The summed E-state index contributed by atoms with van der Waals surface area (Å²) in [5.41, 5.74) is 3.86. The smallest absolute Gasteiger partial charge is 0.240 e. The van der Waals surface area contributed by atoms with E-state index in [1.54, 1.807) is 12.3 Å². The Morgan fingerprint density at radius 1 is 1.24 bits per heavy atom. The second kappa shape index (κ2) is 6.41. The van der Waals surface area contributed by atoms with Crippen molar-refractivity contribution in [3.8, 4) is 0 Å². The molecule has 6 heteroatoms. The highest BCUT2D eigenvalue weighted by atomic mass is 32.2. The van der Waals surface area contributed by atoms with Gasteiger partial charge >= 0.3 is 0 Å². The van der Waals surface area contributed by atoms with Crippen LogP contribution < -0.4 is 4.72 Å². The molecule has 0 spiro atoms. The van der Waals surface area contributed by atoms with E-state index >= 15 is 0 Å². The SMILES string of the molecule is Cc1ccc(C)c(S(=O)(=O)NCCCc2cn[nH]c2C)c1. The summed E-state index contributed by atoms with van der Waals surface area (Å²) in [6.07, 6.45) is 3.33. The average Bonchev–Trinajstić information content (AvgIpc) is 2.83. The zero-order valence-corrected chi connectivity index (χ0v) is 13.4. The van der Waals surface area contributed by atoms with Gasteiger partial charge in [0, 0.05) is 12.2 Å². The molecule has 0 radical (unpaired) electrons. The number of aryl methyl sites for hydroxylation is 4. The van der Waals surface area contributed by atoms with E-state index in [2.05, 4.69) is 14.9 Å². The van der Waals surface area contributed by atoms with Crippen molar-refractivity contribution in [2.24, 2.45) is 0 Å². The molecule has 114 valence electrons. The minimum atomic E-state index is -3.44. The molecule has 1 heterocycles. The van der Waals surface area contributed by atoms with Gasteiger partial charge in [-0.2, -0.15) is 5.10 Å². The number of aromatic amines is 1. The van der Waals surface area contributed by atoms with Crippen molar-refractivity contribution < 1.29 is 8.42 Å². The molecule has 2 rings (SSSR count). The van der Waals surface area contributed by atoms with Gasteiger partial charge in [-0.1, -0.05) is 12.1 Å². The Bertz CT molecular complexity index is 720. The fourth-order valence-electron chi connectivity index (χ4n) is 2.19. The fourth-order valence-corrected chi connectivity index (χ4v) is 3.59. The molecule has 0 aliphatic heterocycles. The van der Waals surface area contributed by atoms with Gasteiger partial charge in [0.25, 0.3) is 0 Å². The normalized spacial score (nSPS) is 11.8. The van der Waals surface area contributed by atoms with Gasteiger partial charge in [0.1, 0.15) is 0 Å². The molecular formula is C15H21N3O2S. The first-order chi connectivity index (χ1) is 9.90. The van der Waals surface area contributed by atoms with Gasteiger partial charge in [0.15, 0.2) is 0 Å². The van der Waals surface area contributed by atoms with Crippen LogP contribution in [-0.2, 0) is 16.4 Å². The van der Waals surface area contributed by atoms with Gasteiger partial charge in [-0.3, -0.25) is 5.10 Å². The molecule has 0 unspecified atom stereocenters. The van der Waals surface area contributed by atoms with Gasteiger partial charge in [0.2, 0.25) is 10.0 Å². The van der Waals surface area contributed by atoms with Crippen molar-refractivity contribution in [2.75, 3.05) is 6.54 Å². The van der Waals surface area contributed by atoms with E-state index in [9.17, 15) is 8.42 Å². The molecule has 2 N–H and O–H groups in total. The first kappa shape index (κ1) is 15.7. The second-order valence-electron chi connectivity index (χ2n) is 5.29. The molecule has 1 aromatic carbocycles. The number of nitrogens with zero attached hydrogens (tertiary/aromatic N) is 1. The van der Waals surface area contributed by atoms with Crippen LogP contribution in [0.3, 0.4) is 0 Å². The summed E-state index contributed by atoms with van der Waals surface area (Å²) in [6.45, 7) is 6.08. The number of rotatable bonds is 6. The van der Waals surface area contributed by atoms with Gasteiger partial charge < -0.3 is 0 Å². The van der Waals surface area contributed by atoms with E-state index in [1.807, 2.05) is 32.9 Å². The zero-order chi connectivity index (χ0) is 15.5. The van der Waals surface area contributed by atoms with Crippen molar-refractivity contribution in [3.05, 3.63) is 46.8 Å². The number of aromatic nitrogens is 2. The number of H-pyrrole nitrogens is 1. The second-order valence-corrected chi connectivity index (χ2v) is 7.03. The Morgan fingerprint density at radius 3 is 2.67 bits per heavy atom. The zero-order valence-electron chi connectivity index (χ0n) is 12.6. The highest BCUT2D eigenvalue weighted by Crippen LogP contribution is 2.16. The van der Waals surface area contributed by atoms with Gasteiger partial charge in [-0.25, -0.2) is 13.1 Å². The predicted octanol–water partition coefficient (Wildman–Crippen LogP) is 2.25. The molecule has 0 amide bonds. The third kappa shape index (κ3) is 3.92. The first-order valence-corrected chi connectivity index (χ1v) is 8.44.